The van der Waals surface area contributed by atoms with Gasteiger partial charge in [-0.1, -0.05) is 11.6 Å². The van der Waals surface area contributed by atoms with Crippen molar-refractivity contribution in [2.75, 3.05) is 20.1 Å². The van der Waals surface area contributed by atoms with Crippen LogP contribution in [0.25, 0.3) is 10.8 Å². The van der Waals surface area contributed by atoms with Gasteiger partial charge in [0.1, 0.15) is 5.67 Å². The van der Waals surface area contributed by atoms with Gasteiger partial charge in [0.25, 0.3) is 11.5 Å². The van der Waals surface area contributed by atoms with Gasteiger partial charge in [0.15, 0.2) is 0 Å². The summed E-state index contributed by atoms with van der Waals surface area (Å²) in [6.07, 6.45) is 3.00. The van der Waals surface area contributed by atoms with Gasteiger partial charge < -0.3 is 20.3 Å². The molecule has 0 spiro atoms. The number of amides is 1. The van der Waals surface area contributed by atoms with E-state index in [1.807, 2.05) is 14.0 Å². The first-order valence-electron chi connectivity index (χ1n) is 10.2. The maximum absolute atomic E-state index is 14.4. The van der Waals surface area contributed by atoms with E-state index in [1.165, 1.54) is 13.0 Å². The number of likely N-dealkylation sites (N-methyl/N-ethyl adjacent to an activating group) is 1. The van der Waals surface area contributed by atoms with Crippen molar-refractivity contribution in [3.63, 3.8) is 0 Å². The third-order valence-electron chi connectivity index (χ3n) is 5.88. The highest BCUT2D eigenvalue weighted by Gasteiger charge is 2.41. The average molecular weight is 438 g/mol. The van der Waals surface area contributed by atoms with E-state index >= 15 is 0 Å². The molecule has 8 heteroatoms. The van der Waals surface area contributed by atoms with Crippen LogP contribution in [-0.2, 0) is 0 Å². The molecule has 1 saturated carbocycles. The molecule has 2 aromatic rings. The third-order valence-corrected chi connectivity index (χ3v) is 6.19. The predicted molar refractivity (Wildman–Crippen MR) is 117 cm³/mol. The summed E-state index contributed by atoms with van der Waals surface area (Å²) in [6.45, 7) is 3.95. The molecule has 1 fully saturated rings. The standard InChI is InChI=1S/C22H29ClFN3O3/c1-14(11-25-3)27-10-7-15-16(20(27)29)5-6-17(23)18(15)19(28)26-13-22(30)9-4-8-21(2,24)12-22/h5-7,10,14,25,30H,4,8-9,11-13H2,1-3H3,(H,26,28)/t14-,21?,22?/m1/s1. The first-order valence-corrected chi connectivity index (χ1v) is 10.6. The molecular weight excluding hydrogens is 409 g/mol. The number of aliphatic hydroxyl groups is 1. The molecule has 1 heterocycles. The van der Waals surface area contributed by atoms with Crippen molar-refractivity contribution < 1.29 is 14.3 Å². The van der Waals surface area contributed by atoms with Crippen LogP contribution in [0.2, 0.25) is 5.02 Å². The molecular formula is C22H29ClFN3O3. The number of halogens is 2. The number of nitrogens with zero attached hydrogens (tertiary/aromatic N) is 1. The van der Waals surface area contributed by atoms with Crippen molar-refractivity contribution >= 4 is 28.3 Å². The molecule has 3 atom stereocenters. The first kappa shape index (κ1) is 22.7. The lowest BCUT2D eigenvalue weighted by atomic mass is 9.77. The fourth-order valence-corrected chi connectivity index (χ4v) is 4.67. The number of nitrogens with one attached hydrogen (secondary N) is 2. The van der Waals surface area contributed by atoms with Gasteiger partial charge in [-0.25, -0.2) is 4.39 Å². The van der Waals surface area contributed by atoms with Gasteiger partial charge in [-0.05, 0) is 58.4 Å². The minimum atomic E-state index is -1.45. The van der Waals surface area contributed by atoms with Crippen molar-refractivity contribution in [3.8, 4) is 0 Å². The van der Waals surface area contributed by atoms with Gasteiger partial charge in [0.05, 0.1) is 16.2 Å². The summed E-state index contributed by atoms with van der Waals surface area (Å²) in [5.74, 6) is -0.495. The summed E-state index contributed by atoms with van der Waals surface area (Å²) in [5.41, 5.74) is -2.78. The van der Waals surface area contributed by atoms with Crippen molar-refractivity contribution in [2.45, 2.75) is 56.8 Å². The quantitative estimate of drug-likeness (QED) is 0.648. The molecule has 0 bridgehead atoms. The largest absolute Gasteiger partial charge is 0.388 e. The van der Waals surface area contributed by atoms with Crippen molar-refractivity contribution in [3.05, 3.63) is 45.3 Å². The van der Waals surface area contributed by atoms with E-state index in [0.29, 0.717) is 36.6 Å². The van der Waals surface area contributed by atoms with Crippen LogP contribution in [0, 0.1) is 0 Å². The highest BCUT2D eigenvalue weighted by Crippen LogP contribution is 2.37. The van der Waals surface area contributed by atoms with E-state index in [0.717, 1.165) is 0 Å². The molecule has 3 N–H and O–H groups in total. The van der Waals surface area contributed by atoms with E-state index in [9.17, 15) is 19.1 Å². The van der Waals surface area contributed by atoms with Crippen molar-refractivity contribution in [1.82, 2.24) is 15.2 Å². The van der Waals surface area contributed by atoms with E-state index in [1.54, 1.807) is 22.9 Å². The summed E-state index contributed by atoms with van der Waals surface area (Å²) < 4.78 is 16.0. The predicted octanol–water partition coefficient (Wildman–Crippen LogP) is 3.20. The highest BCUT2D eigenvalue weighted by atomic mass is 35.5. The molecule has 1 aromatic carbocycles. The maximum atomic E-state index is 14.4. The zero-order valence-electron chi connectivity index (χ0n) is 17.6. The molecule has 1 amide bonds. The van der Waals surface area contributed by atoms with E-state index < -0.39 is 17.2 Å². The Bertz CT molecular complexity index is 1010. The molecule has 0 radical (unpaired) electrons. The number of benzene rings is 1. The molecule has 0 saturated heterocycles. The van der Waals surface area contributed by atoms with Crippen LogP contribution in [0.3, 0.4) is 0 Å². The Morgan fingerprint density at radius 1 is 1.33 bits per heavy atom. The summed E-state index contributed by atoms with van der Waals surface area (Å²) in [6, 6.07) is 4.79. The Balaban J connectivity index is 1.89. The molecule has 3 rings (SSSR count). The number of fused-ring (bicyclic) bond motifs is 1. The minimum absolute atomic E-state index is 0.0301. The molecule has 30 heavy (non-hydrogen) atoms. The molecule has 164 valence electrons. The number of alkyl halides is 1. The zero-order chi connectivity index (χ0) is 22.1. The van der Waals surface area contributed by atoms with Gasteiger partial charge in [-0.3, -0.25) is 9.59 Å². The summed E-state index contributed by atoms with van der Waals surface area (Å²) in [4.78, 5) is 25.9. The molecule has 1 aliphatic carbocycles. The Morgan fingerprint density at radius 2 is 2.07 bits per heavy atom. The monoisotopic (exact) mass is 437 g/mol. The number of aromatic nitrogens is 1. The summed E-state index contributed by atoms with van der Waals surface area (Å²) in [7, 11) is 1.82. The Labute approximate surface area is 180 Å². The Hall–Kier alpha value is -1.96. The van der Waals surface area contributed by atoms with Gasteiger partial charge in [0.2, 0.25) is 0 Å². The van der Waals surface area contributed by atoms with Gasteiger partial charge in [0, 0.05) is 42.5 Å². The number of carbonyl (C=O) groups excluding carboxylic acids is 1. The van der Waals surface area contributed by atoms with Crippen LogP contribution in [0.4, 0.5) is 4.39 Å². The highest BCUT2D eigenvalue weighted by molar-refractivity contribution is 6.35. The minimum Gasteiger partial charge on any atom is -0.388 e. The lowest BCUT2D eigenvalue weighted by Crippen LogP contribution is -2.49. The van der Waals surface area contributed by atoms with Crippen molar-refractivity contribution in [1.29, 1.82) is 0 Å². The lowest BCUT2D eigenvalue weighted by Gasteiger charge is -2.39. The van der Waals surface area contributed by atoms with Crippen molar-refractivity contribution in [2.24, 2.45) is 0 Å². The van der Waals surface area contributed by atoms with Crippen LogP contribution in [0.1, 0.15) is 55.9 Å². The molecule has 1 aromatic heterocycles. The number of rotatable bonds is 6. The normalized spacial score (nSPS) is 25.3. The van der Waals surface area contributed by atoms with E-state index in [4.69, 9.17) is 11.6 Å². The maximum Gasteiger partial charge on any atom is 0.258 e. The first-order chi connectivity index (χ1) is 14.1. The fraction of sp³-hybridized carbons (Fsp3) is 0.545. The molecule has 6 nitrogen and oxygen atoms in total. The number of hydrogen-bond acceptors (Lipinski definition) is 4. The van der Waals surface area contributed by atoms with Gasteiger partial charge >= 0.3 is 0 Å². The van der Waals surface area contributed by atoms with E-state index in [2.05, 4.69) is 10.6 Å². The van der Waals surface area contributed by atoms with Crippen LogP contribution in [0.5, 0.6) is 0 Å². The smallest absolute Gasteiger partial charge is 0.258 e. The lowest BCUT2D eigenvalue weighted by molar-refractivity contribution is -0.0533. The molecule has 0 aliphatic heterocycles. The molecule has 2 unspecified atom stereocenters. The zero-order valence-corrected chi connectivity index (χ0v) is 18.4. The average Bonchev–Trinajstić information content (AvgIpc) is 2.65. The van der Waals surface area contributed by atoms with E-state index in [-0.39, 0.29) is 35.2 Å². The van der Waals surface area contributed by atoms with Gasteiger partial charge in [-0.2, -0.15) is 0 Å². The van der Waals surface area contributed by atoms with Gasteiger partial charge in [-0.15, -0.1) is 0 Å². The Morgan fingerprint density at radius 3 is 2.73 bits per heavy atom. The fourth-order valence-electron chi connectivity index (χ4n) is 4.42. The summed E-state index contributed by atoms with van der Waals surface area (Å²) in [5, 5.41) is 17.5. The van der Waals surface area contributed by atoms with Crippen LogP contribution in [0.15, 0.2) is 29.2 Å². The number of carbonyl (C=O) groups is 1. The third kappa shape index (κ3) is 4.68. The topological polar surface area (TPSA) is 83.4 Å². The van der Waals surface area contributed by atoms with Crippen LogP contribution < -0.4 is 16.2 Å². The summed E-state index contributed by atoms with van der Waals surface area (Å²) >= 11 is 6.30. The van der Waals surface area contributed by atoms with Crippen LogP contribution >= 0.6 is 11.6 Å². The second-order valence-electron chi connectivity index (χ2n) is 8.67. The number of hydrogen-bond donors (Lipinski definition) is 3. The molecule has 1 aliphatic rings. The Kier molecular flexibility index (Phi) is 6.55. The number of pyridine rings is 1. The van der Waals surface area contributed by atoms with Crippen LogP contribution in [-0.4, -0.2) is 47.0 Å². The second-order valence-corrected chi connectivity index (χ2v) is 9.08. The second kappa shape index (κ2) is 8.65. The SMILES string of the molecule is CNC[C@@H](C)n1ccc2c(C(=O)NCC3(O)CCCC(C)(F)C3)c(Cl)ccc2c1=O.